The first-order valence-electron chi connectivity index (χ1n) is 12.5. The second kappa shape index (κ2) is 13.2. The molecule has 0 saturated carbocycles. The molecule has 0 radical (unpaired) electrons. The van der Waals surface area contributed by atoms with Crippen LogP contribution in [0.4, 0.5) is 8.78 Å². The number of hydrogen-bond acceptors (Lipinski definition) is 16. The molecule has 0 unspecified atom stereocenters. The first kappa shape index (κ1) is 33.9. The Labute approximate surface area is 248 Å². The first-order chi connectivity index (χ1) is 21.1. The van der Waals surface area contributed by atoms with Gasteiger partial charge in [-0.25, -0.2) is 14.5 Å². The van der Waals surface area contributed by atoms with Gasteiger partial charge in [0.05, 0.1) is 31.9 Å². The third-order valence-corrected chi connectivity index (χ3v) is 7.83. The number of hydrogen-bond donors (Lipinski definition) is 6. The lowest BCUT2D eigenvalue weighted by molar-refractivity contribution is -0.0643. The third-order valence-electron chi connectivity index (χ3n) is 6.49. The summed E-state index contributed by atoms with van der Waals surface area (Å²) >= 11 is 0. The lowest BCUT2D eigenvalue weighted by Crippen LogP contribution is -2.38. The number of rotatable bonds is 12. The predicted molar refractivity (Wildman–Crippen MR) is 137 cm³/mol. The highest BCUT2D eigenvalue weighted by Gasteiger charge is 2.48. The van der Waals surface area contributed by atoms with Gasteiger partial charge in [0.15, 0.2) is 23.8 Å². The molecule has 2 aliphatic rings. The summed E-state index contributed by atoms with van der Waals surface area (Å²) in [5, 5.41) is 41.7. The van der Waals surface area contributed by atoms with Crippen molar-refractivity contribution in [3.05, 3.63) is 69.2 Å². The topological polar surface area (TPSA) is 300 Å². The summed E-state index contributed by atoms with van der Waals surface area (Å²) in [6.07, 6.45) is -12.7. The monoisotopic (exact) mass is 666 g/mol. The lowest BCUT2D eigenvalue weighted by atomic mass is 10.1. The van der Waals surface area contributed by atoms with Gasteiger partial charge in [-0.1, -0.05) is 6.58 Å². The van der Waals surface area contributed by atoms with Crippen LogP contribution in [-0.2, 0) is 27.6 Å². The third kappa shape index (κ3) is 6.83. The van der Waals surface area contributed by atoms with Crippen molar-refractivity contribution in [2.75, 3.05) is 13.2 Å². The number of aliphatic hydroxyl groups excluding tert-OH is 4. The largest absolute Gasteiger partial charge is 0.529 e. The molecule has 0 bridgehead atoms. The Hall–Kier alpha value is -3.99. The molecule has 2 saturated heterocycles. The fraction of sp³-hybridized carbons (Fsp3) is 0.455. The minimum Gasteiger partial charge on any atom is -0.413 e. The fourth-order valence-electron chi connectivity index (χ4n) is 4.37. The molecule has 45 heavy (non-hydrogen) atoms. The molecular weight excluding hydrogens is 641 g/mol. The van der Waals surface area contributed by atoms with E-state index in [0.717, 1.165) is 0 Å². The van der Waals surface area contributed by atoms with Crippen LogP contribution >= 0.6 is 7.82 Å². The minimum absolute atomic E-state index is 0.416. The molecule has 2 amide bonds. The molecule has 2 fully saturated rings. The number of nitrogens with zero attached hydrogens (tertiary/aromatic N) is 4. The number of ether oxygens (including phenoxy) is 2. The van der Waals surface area contributed by atoms with Crippen molar-refractivity contribution in [3.63, 3.8) is 0 Å². The Morgan fingerprint density at radius 1 is 0.867 bits per heavy atom. The number of aliphatic hydroxyl groups is 4. The van der Waals surface area contributed by atoms with Crippen molar-refractivity contribution in [1.29, 1.82) is 0 Å². The van der Waals surface area contributed by atoms with Crippen LogP contribution in [0.25, 0.3) is 0 Å². The van der Waals surface area contributed by atoms with Gasteiger partial charge in [-0.05, 0) is 0 Å². The van der Waals surface area contributed by atoms with Crippen LogP contribution < -0.4 is 22.6 Å². The maximum atomic E-state index is 13.9. The van der Waals surface area contributed by atoms with Crippen molar-refractivity contribution < 1.29 is 66.4 Å². The molecule has 2 aromatic heterocycles. The summed E-state index contributed by atoms with van der Waals surface area (Å²) < 4.78 is 67.6. The summed E-state index contributed by atoms with van der Waals surface area (Å²) in [5.74, 6) is -5.46. The van der Waals surface area contributed by atoms with E-state index in [1.54, 1.807) is 0 Å². The summed E-state index contributed by atoms with van der Waals surface area (Å²) in [5.41, 5.74) is 5.46. The summed E-state index contributed by atoms with van der Waals surface area (Å²) in [6.45, 7) is 1.45. The van der Waals surface area contributed by atoms with Gasteiger partial charge in [-0.2, -0.15) is 8.78 Å². The van der Waals surface area contributed by atoms with E-state index in [2.05, 4.69) is 16.5 Å². The van der Waals surface area contributed by atoms with E-state index in [1.807, 2.05) is 0 Å². The number of primary amides is 2. The molecule has 0 aromatic carbocycles. The van der Waals surface area contributed by atoms with Gasteiger partial charge in [0.25, 0.3) is 22.9 Å². The second-order valence-corrected chi connectivity index (χ2v) is 11.0. The molecular formula is C22H25F2N6O14P. The normalized spacial score (nSPS) is 28.2. The van der Waals surface area contributed by atoms with E-state index < -0.39 is 116 Å². The van der Waals surface area contributed by atoms with Crippen LogP contribution in [0.1, 0.15) is 33.4 Å². The SMILES string of the molecule is C=COP(=O)(OC[C@H]1O[C@@H](n2cc(F)nc(C(N)=O)c2=O)[C@H](O)[C@H]1O)OC[C@H]1O[C@@H](n2cc(F)nc(C(N)=O)c2=O)[C@H](O)[C@H]1O. The zero-order valence-corrected chi connectivity index (χ0v) is 23.4. The second-order valence-electron chi connectivity index (χ2n) is 9.38. The van der Waals surface area contributed by atoms with Crippen molar-refractivity contribution in [2.24, 2.45) is 11.5 Å². The van der Waals surface area contributed by atoms with Gasteiger partial charge in [0.2, 0.25) is 11.9 Å². The zero-order valence-electron chi connectivity index (χ0n) is 22.5. The molecule has 8 atom stereocenters. The van der Waals surface area contributed by atoms with Gasteiger partial charge < -0.3 is 45.9 Å². The molecule has 0 spiro atoms. The maximum absolute atomic E-state index is 13.9. The number of phosphoric acid groups is 1. The quantitative estimate of drug-likeness (QED) is 0.0946. The van der Waals surface area contributed by atoms with Crippen LogP contribution in [0.15, 0.2) is 34.8 Å². The molecule has 4 heterocycles. The number of amides is 2. The van der Waals surface area contributed by atoms with E-state index in [-0.39, 0.29) is 0 Å². The van der Waals surface area contributed by atoms with Crippen molar-refractivity contribution >= 4 is 19.6 Å². The van der Waals surface area contributed by atoms with Crippen molar-refractivity contribution in [3.8, 4) is 0 Å². The van der Waals surface area contributed by atoms with E-state index in [4.69, 9.17) is 34.5 Å². The van der Waals surface area contributed by atoms with E-state index in [1.165, 1.54) is 0 Å². The zero-order chi connectivity index (χ0) is 33.4. The predicted octanol–water partition coefficient (Wildman–Crippen LogP) is -3.48. The van der Waals surface area contributed by atoms with Gasteiger partial charge in [0.1, 0.15) is 36.6 Å². The number of carbonyl (C=O) groups is 2. The molecule has 246 valence electrons. The van der Waals surface area contributed by atoms with E-state index in [0.29, 0.717) is 27.8 Å². The Kier molecular flexibility index (Phi) is 9.91. The number of halogens is 2. The average molecular weight is 666 g/mol. The molecule has 8 N–H and O–H groups in total. The summed E-state index contributed by atoms with van der Waals surface area (Å²) in [7, 11) is -4.74. The van der Waals surface area contributed by atoms with Gasteiger partial charge in [-0.15, -0.1) is 0 Å². The number of phosphoric ester groups is 1. The summed E-state index contributed by atoms with van der Waals surface area (Å²) in [6, 6.07) is 0. The van der Waals surface area contributed by atoms with Crippen molar-refractivity contribution in [1.82, 2.24) is 19.1 Å². The molecule has 4 rings (SSSR count). The average Bonchev–Trinajstić information content (AvgIpc) is 3.42. The molecule has 20 nitrogen and oxygen atoms in total. The summed E-state index contributed by atoms with van der Waals surface area (Å²) in [4.78, 5) is 54.0. The van der Waals surface area contributed by atoms with Crippen molar-refractivity contribution in [2.45, 2.75) is 49.1 Å². The fourth-order valence-corrected chi connectivity index (χ4v) is 5.41. The first-order valence-corrected chi connectivity index (χ1v) is 13.9. The number of carbonyl (C=O) groups excluding carboxylic acids is 2. The van der Waals surface area contributed by atoms with Crippen LogP contribution in [0.3, 0.4) is 0 Å². The van der Waals surface area contributed by atoms with Crippen LogP contribution in [0.2, 0.25) is 0 Å². The Morgan fingerprint density at radius 2 is 1.24 bits per heavy atom. The minimum atomic E-state index is -4.74. The van der Waals surface area contributed by atoms with Crippen LogP contribution in [-0.4, -0.2) is 101 Å². The standard InChI is InChI=1S/C22H25F2N6O14P/c1-2-40-45(39,41-5-7-13(31)15(33)21(43-7)29-3-9(23)27-11(17(25)35)19(29)37)42-6-8-14(32)16(34)22(44-8)30-4-10(24)28-12(18(26)36)20(30)38/h2-4,7-8,13-16,21-22,31-34H,1,5-6H2,(H2,25,35)(H2,26,36)/t7-,8-,13+,14+,15-,16-,21-,22-/m1/s1. The van der Waals surface area contributed by atoms with Crippen LogP contribution in [0, 0.1) is 11.9 Å². The van der Waals surface area contributed by atoms with E-state index in [9.17, 15) is 53.0 Å². The molecule has 2 aromatic rings. The smallest absolute Gasteiger partial charge is 0.413 e. The Morgan fingerprint density at radius 3 is 1.58 bits per heavy atom. The molecule has 0 aliphatic carbocycles. The van der Waals surface area contributed by atoms with Crippen LogP contribution in [0.5, 0.6) is 0 Å². The molecule has 2 aliphatic heterocycles. The maximum Gasteiger partial charge on any atom is 0.529 e. The van der Waals surface area contributed by atoms with Gasteiger partial charge >= 0.3 is 7.82 Å². The Bertz CT molecular complexity index is 1550. The van der Waals surface area contributed by atoms with E-state index >= 15 is 0 Å². The number of aromatic nitrogens is 4. The lowest BCUT2D eigenvalue weighted by Gasteiger charge is -2.22. The Balaban J connectivity index is 1.45. The van der Waals surface area contributed by atoms with Gasteiger partial charge in [0, 0.05) is 0 Å². The van der Waals surface area contributed by atoms with Gasteiger partial charge in [-0.3, -0.25) is 37.4 Å². The highest BCUT2D eigenvalue weighted by Crippen LogP contribution is 2.51. The molecule has 23 heteroatoms. The highest BCUT2D eigenvalue weighted by molar-refractivity contribution is 7.48. The highest BCUT2D eigenvalue weighted by atomic mass is 31.2. The number of nitrogens with two attached hydrogens (primary N) is 2.